The molecule has 0 aliphatic rings. The first-order valence-electron chi connectivity index (χ1n) is 19.3. The van der Waals surface area contributed by atoms with Gasteiger partial charge < -0.3 is 4.74 Å². The van der Waals surface area contributed by atoms with Crippen molar-refractivity contribution in [3.05, 3.63) is 83.0 Å². The van der Waals surface area contributed by atoms with Gasteiger partial charge in [0.25, 0.3) is 0 Å². The maximum atomic E-state index is 6.55. The predicted octanol–water partition coefficient (Wildman–Crippen LogP) is 14.9. The zero-order valence-electron chi connectivity index (χ0n) is 30.2. The Bertz CT molecular complexity index is 961. The highest BCUT2D eigenvalue weighted by Crippen LogP contribution is 2.32. The molecule has 0 bridgehead atoms. The molecule has 0 aromatic heterocycles. The number of hydrogen-bond acceptors (Lipinski definition) is 1. The largest absolute Gasteiger partial charge is 0.457 e. The third kappa shape index (κ3) is 18.5. The van der Waals surface area contributed by atoms with Crippen LogP contribution in [-0.2, 0) is 12.8 Å². The smallest absolute Gasteiger partial charge is 0.130 e. The van der Waals surface area contributed by atoms with E-state index in [9.17, 15) is 0 Å². The maximum absolute atomic E-state index is 6.55. The average molecular weight is 615 g/mol. The Labute approximate surface area is 280 Å². The minimum absolute atomic E-state index is 1.02. The average Bonchev–Trinajstić information content (AvgIpc) is 3.04. The minimum Gasteiger partial charge on any atom is -0.457 e. The number of benzene rings is 2. The quantitative estimate of drug-likeness (QED) is 0.0684. The molecule has 0 saturated heterocycles. The van der Waals surface area contributed by atoms with E-state index >= 15 is 0 Å². The van der Waals surface area contributed by atoms with E-state index in [-0.39, 0.29) is 0 Å². The molecule has 0 heterocycles. The molecule has 0 unspecified atom stereocenters. The van der Waals surface area contributed by atoms with Gasteiger partial charge in [-0.15, -0.1) is 0 Å². The summed E-state index contributed by atoms with van der Waals surface area (Å²) in [6.07, 6.45) is 41.2. The van der Waals surface area contributed by atoms with E-state index in [1.54, 1.807) is 0 Å². The van der Waals surface area contributed by atoms with Crippen LogP contribution in [0.2, 0.25) is 0 Å². The van der Waals surface area contributed by atoms with Crippen molar-refractivity contribution >= 4 is 0 Å². The highest BCUT2D eigenvalue weighted by Gasteiger charge is 2.10. The van der Waals surface area contributed by atoms with Gasteiger partial charge in [-0.05, 0) is 125 Å². The van der Waals surface area contributed by atoms with Crippen LogP contribution in [0.3, 0.4) is 0 Å². The lowest BCUT2D eigenvalue weighted by atomic mass is 9.99. The summed E-state index contributed by atoms with van der Waals surface area (Å²) in [5.41, 5.74) is 5.49. The maximum Gasteiger partial charge on any atom is 0.130 e. The SMILES string of the molecule is CCCCCC/C=C\CCCCCCCc1cccc(Oc2cccc(CCCCCCC/C=C\CCCCCC)c2C)c1C. The third-order valence-corrected chi connectivity index (χ3v) is 9.43. The van der Waals surface area contributed by atoms with Gasteiger partial charge in [0.1, 0.15) is 11.5 Å². The van der Waals surface area contributed by atoms with Crippen molar-refractivity contribution in [2.45, 2.75) is 182 Å². The summed E-state index contributed by atoms with van der Waals surface area (Å²) in [7, 11) is 0. The third-order valence-electron chi connectivity index (χ3n) is 9.43. The molecule has 0 N–H and O–H groups in total. The van der Waals surface area contributed by atoms with Crippen molar-refractivity contribution in [2.24, 2.45) is 0 Å². The molecule has 0 fully saturated rings. The van der Waals surface area contributed by atoms with Gasteiger partial charge in [0.2, 0.25) is 0 Å². The number of unbranched alkanes of at least 4 members (excludes halogenated alkanes) is 18. The van der Waals surface area contributed by atoms with Crippen LogP contribution < -0.4 is 4.74 Å². The van der Waals surface area contributed by atoms with E-state index in [4.69, 9.17) is 4.74 Å². The van der Waals surface area contributed by atoms with E-state index in [1.807, 2.05) is 0 Å². The van der Waals surface area contributed by atoms with Crippen LogP contribution in [0.1, 0.15) is 177 Å². The Morgan fingerprint density at radius 3 is 1.13 bits per heavy atom. The van der Waals surface area contributed by atoms with E-state index in [0.29, 0.717) is 0 Å². The summed E-state index contributed by atoms with van der Waals surface area (Å²) in [6, 6.07) is 13.2. The van der Waals surface area contributed by atoms with Gasteiger partial charge in [-0.3, -0.25) is 0 Å². The van der Waals surface area contributed by atoms with Crippen molar-refractivity contribution in [2.75, 3.05) is 0 Å². The first-order chi connectivity index (χ1) is 22.2. The normalized spacial score (nSPS) is 11.7. The molecule has 0 amide bonds. The molecular weight excluding hydrogens is 544 g/mol. The van der Waals surface area contributed by atoms with Crippen molar-refractivity contribution in [3.8, 4) is 11.5 Å². The fourth-order valence-corrected chi connectivity index (χ4v) is 6.27. The van der Waals surface area contributed by atoms with Crippen molar-refractivity contribution < 1.29 is 4.74 Å². The molecule has 0 aliphatic carbocycles. The van der Waals surface area contributed by atoms with Crippen molar-refractivity contribution in [1.82, 2.24) is 0 Å². The Kier molecular flexibility index (Phi) is 23.2. The van der Waals surface area contributed by atoms with Crippen LogP contribution in [0.15, 0.2) is 60.7 Å². The summed E-state index contributed by atoms with van der Waals surface area (Å²) in [6.45, 7) is 9.04. The lowest BCUT2D eigenvalue weighted by molar-refractivity contribution is 0.472. The van der Waals surface area contributed by atoms with Crippen LogP contribution in [0, 0.1) is 13.8 Å². The predicted molar refractivity (Wildman–Crippen MR) is 201 cm³/mol. The number of hydrogen-bond donors (Lipinski definition) is 0. The molecule has 1 heteroatoms. The lowest BCUT2D eigenvalue weighted by Crippen LogP contribution is -1.97. The highest BCUT2D eigenvalue weighted by molar-refractivity contribution is 5.46. The van der Waals surface area contributed by atoms with Crippen LogP contribution >= 0.6 is 0 Å². The molecule has 2 rings (SSSR count). The molecule has 2 aromatic rings. The molecule has 252 valence electrons. The van der Waals surface area contributed by atoms with Gasteiger partial charge in [0.15, 0.2) is 0 Å². The zero-order valence-corrected chi connectivity index (χ0v) is 30.2. The van der Waals surface area contributed by atoms with Gasteiger partial charge in [0, 0.05) is 0 Å². The number of ether oxygens (including phenoxy) is 1. The summed E-state index contributed by atoms with van der Waals surface area (Å²) >= 11 is 0. The minimum atomic E-state index is 1.02. The van der Waals surface area contributed by atoms with Crippen LogP contribution in [-0.4, -0.2) is 0 Å². The molecule has 0 saturated carbocycles. The molecule has 0 atom stereocenters. The van der Waals surface area contributed by atoms with Gasteiger partial charge in [0.05, 0.1) is 0 Å². The second-order valence-electron chi connectivity index (χ2n) is 13.4. The first kappa shape index (κ1) is 38.9. The summed E-state index contributed by atoms with van der Waals surface area (Å²) in [5, 5.41) is 0. The van der Waals surface area contributed by atoms with Gasteiger partial charge in [-0.2, -0.15) is 0 Å². The van der Waals surface area contributed by atoms with Crippen LogP contribution in [0.5, 0.6) is 11.5 Å². The van der Waals surface area contributed by atoms with Crippen molar-refractivity contribution in [3.63, 3.8) is 0 Å². The summed E-state index contributed by atoms with van der Waals surface area (Å²) < 4.78 is 6.55. The number of rotatable bonds is 28. The topological polar surface area (TPSA) is 9.23 Å². The molecular formula is C44H70O. The lowest BCUT2D eigenvalue weighted by Gasteiger charge is -2.16. The Morgan fingerprint density at radius 2 is 0.756 bits per heavy atom. The van der Waals surface area contributed by atoms with Gasteiger partial charge >= 0.3 is 0 Å². The zero-order chi connectivity index (χ0) is 32.2. The molecule has 0 aliphatic heterocycles. The second-order valence-corrected chi connectivity index (χ2v) is 13.4. The Morgan fingerprint density at radius 1 is 0.422 bits per heavy atom. The van der Waals surface area contributed by atoms with Gasteiger partial charge in [-0.1, -0.05) is 139 Å². The van der Waals surface area contributed by atoms with E-state index in [2.05, 4.69) is 88.4 Å². The number of allylic oxidation sites excluding steroid dienone is 4. The Hall–Kier alpha value is -2.28. The van der Waals surface area contributed by atoms with E-state index < -0.39 is 0 Å². The fraction of sp³-hybridized carbons (Fsp3) is 0.636. The van der Waals surface area contributed by atoms with Gasteiger partial charge in [-0.25, -0.2) is 0 Å². The Balaban J connectivity index is 1.64. The van der Waals surface area contributed by atoms with E-state index in [1.165, 1.54) is 164 Å². The van der Waals surface area contributed by atoms with E-state index in [0.717, 1.165) is 24.3 Å². The van der Waals surface area contributed by atoms with Crippen LogP contribution in [0.25, 0.3) is 0 Å². The van der Waals surface area contributed by atoms with Crippen LogP contribution in [0.4, 0.5) is 0 Å². The highest BCUT2D eigenvalue weighted by atomic mass is 16.5. The molecule has 2 aromatic carbocycles. The molecule has 0 radical (unpaired) electrons. The van der Waals surface area contributed by atoms with Crippen molar-refractivity contribution in [1.29, 1.82) is 0 Å². The number of aryl methyl sites for hydroxylation is 2. The monoisotopic (exact) mass is 615 g/mol. The summed E-state index contributed by atoms with van der Waals surface area (Å²) in [4.78, 5) is 0. The molecule has 1 nitrogen and oxygen atoms in total. The molecule has 0 spiro atoms. The fourth-order valence-electron chi connectivity index (χ4n) is 6.27. The standard InChI is InChI=1S/C44H70O/c1-5-7-9-11-13-15-17-19-21-23-25-27-29-33-41-35-31-37-43(39(41)3)45-44-38-32-36-42(40(44)4)34-30-28-26-24-22-20-18-16-14-12-10-8-6-2/h15-18,31-32,35-38H,5-14,19-30,33-34H2,1-4H3/b17-15-,18-16-. The first-order valence-corrected chi connectivity index (χ1v) is 19.3. The summed E-state index contributed by atoms with van der Waals surface area (Å²) in [5.74, 6) is 2.04. The molecule has 45 heavy (non-hydrogen) atoms. The second kappa shape index (κ2) is 26.9.